The van der Waals surface area contributed by atoms with E-state index >= 15 is 0 Å². The van der Waals surface area contributed by atoms with Crippen molar-refractivity contribution in [1.29, 1.82) is 0 Å². The molecule has 1 aromatic rings. The molecule has 1 N–H and O–H groups in total. The molecule has 94 valence electrons. The second kappa shape index (κ2) is 6.06. The third-order valence-electron chi connectivity index (χ3n) is 3.37. The SMILES string of the molecule is CCN(CC(C)CNC1CC1)c1ccccc1. The first-order valence-electron chi connectivity index (χ1n) is 6.83. The summed E-state index contributed by atoms with van der Waals surface area (Å²) in [5.41, 5.74) is 1.34. The van der Waals surface area contributed by atoms with Crippen molar-refractivity contribution in [1.82, 2.24) is 5.32 Å². The molecule has 2 rings (SSSR count). The first-order valence-corrected chi connectivity index (χ1v) is 6.83. The van der Waals surface area contributed by atoms with Gasteiger partial charge in [0.25, 0.3) is 0 Å². The van der Waals surface area contributed by atoms with E-state index in [9.17, 15) is 0 Å². The maximum atomic E-state index is 3.61. The van der Waals surface area contributed by atoms with Crippen molar-refractivity contribution < 1.29 is 0 Å². The summed E-state index contributed by atoms with van der Waals surface area (Å²) >= 11 is 0. The zero-order chi connectivity index (χ0) is 12.1. The highest BCUT2D eigenvalue weighted by Gasteiger charge is 2.21. The van der Waals surface area contributed by atoms with E-state index in [0.717, 1.165) is 25.7 Å². The largest absolute Gasteiger partial charge is 0.371 e. The highest BCUT2D eigenvalue weighted by molar-refractivity contribution is 5.45. The van der Waals surface area contributed by atoms with Gasteiger partial charge in [0.05, 0.1) is 0 Å². The van der Waals surface area contributed by atoms with Gasteiger partial charge in [-0.1, -0.05) is 25.1 Å². The lowest BCUT2D eigenvalue weighted by atomic mass is 10.1. The molecule has 1 aliphatic carbocycles. The van der Waals surface area contributed by atoms with Gasteiger partial charge in [0.2, 0.25) is 0 Å². The molecule has 1 aromatic carbocycles. The van der Waals surface area contributed by atoms with Crippen LogP contribution in [0, 0.1) is 5.92 Å². The summed E-state index contributed by atoms with van der Waals surface area (Å²) in [6.07, 6.45) is 2.76. The summed E-state index contributed by atoms with van der Waals surface area (Å²) < 4.78 is 0. The van der Waals surface area contributed by atoms with E-state index in [-0.39, 0.29) is 0 Å². The number of hydrogen-bond donors (Lipinski definition) is 1. The van der Waals surface area contributed by atoms with E-state index in [2.05, 4.69) is 54.4 Å². The third kappa shape index (κ3) is 4.04. The minimum Gasteiger partial charge on any atom is -0.371 e. The minimum absolute atomic E-state index is 0.704. The van der Waals surface area contributed by atoms with Crippen molar-refractivity contribution in [2.24, 2.45) is 5.92 Å². The summed E-state index contributed by atoms with van der Waals surface area (Å²) in [5, 5.41) is 3.61. The van der Waals surface area contributed by atoms with Crippen LogP contribution in [0.4, 0.5) is 5.69 Å². The molecule has 0 aromatic heterocycles. The molecule has 1 fully saturated rings. The number of nitrogens with one attached hydrogen (secondary N) is 1. The summed E-state index contributed by atoms with van der Waals surface area (Å²) in [6.45, 7) is 7.93. The van der Waals surface area contributed by atoms with Crippen molar-refractivity contribution in [3.8, 4) is 0 Å². The van der Waals surface area contributed by atoms with Gasteiger partial charge in [-0.3, -0.25) is 0 Å². The topological polar surface area (TPSA) is 15.3 Å². The fourth-order valence-corrected chi connectivity index (χ4v) is 2.15. The molecule has 0 saturated heterocycles. The van der Waals surface area contributed by atoms with Crippen LogP contribution in [0.15, 0.2) is 30.3 Å². The van der Waals surface area contributed by atoms with Crippen LogP contribution in [0.2, 0.25) is 0 Å². The van der Waals surface area contributed by atoms with Crippen molar-refractivity contribution in [3.63, 3.8) is 0 Å². The molecule has 0 radical (unpaired) electrons. The molecule has 2 nitrogen and oxygen atoms in total. The summed E-state index contributed by atoms with van der Waals surface area (Å²) in [6, 6.07) is 11.5. The van der Waals surface area contributed by atoms with Gasteiger partial charge in [-0.25, -0.2) is 0 Å². The van der Waals surface area contributed by atoms with Crippen LogP contribution in [0.5, 0.6) is 0 Å². The minimum atomic E-state index is 0.704. The lowest BCUT2D eigenvalue weighted by molar-refractivity contribution is 0.504. The van der Waals surface area contributed by atoms with Crippen molar-refractivity contribution >= 4 is 5.69 Å². The number of para-hydroxylation sites is 1. The van der Waals surface area contributed by atoms with E-state index in [4.69, 9.17) is 0 Å². The monoisotopic (exact) mass is 232 g/mol. The molecule has 2 heteroatoms. The Balaban J connectivity index is 1.81. The average Bonchev–Trinajstić information content (AvgIpc) is 3.18. The Labute approximate surface area is 105 Å². The van der Waals surface area contributed by atoms with Gasteiger partial charge in [-0.05, 0) is 44.4 Å². The Morgan fingerprint density at radius 1 is 1.29 bits per heavy atom. The van der Waals surface area contributed by atoms with Crippen molar-refractivity contribution in [2.75, 3.05) is 24.5 Å². The Morgan fingerprint density at radius 3 is 2.59 bits per heavy atom. The second-order valence-electron chi connectivity index (χ2n) is 5.16. The maximum Gasteiger partial charge on any atom is 0.0366 e. The van der Waals surface area contributed by atoms with Gasteiger partial charge < -0.3 is 10.2 Å². The quantitative estimate of drug-likeness (QED) is 0.777. The average molecular weight is 232 g/mol. The summed E-state index contributed by atoms with van der Waals surface area (Å²) in [4.78, 5) is 2.46. The fourth-order valence-electron chi connectivity index (χ4n) is 2.15. The van der Waals surface area contributed by atoms with Gasteiger partial charge in [0.1, 0.15) is 0 Å². The summed E-state index contributed by atoms with van der Waals surface area (Å²) in [7, 11) is 0. The Kier molecular flexibility index (Phi) is 4.43. The molecule has 0 spiro atoms. The van der Waals surface area contributed by atoms with Crippen LogP contribution in [-0.2, 0) is 0 Å². The fraction of sp³-hybridized carbons (Fsp3) is 0.600. The molecule has 0 heterocycles. The number of rotatable bonds is 7. The highest BCUT2D eigenvalue weighted by Crippen LogP contribution is 2.19. The molecule has 1 saturated carbocycles. The lowest BCUT2D eigenvalue weighted by Gasteiger charge is -2.26. The molecule has 0 bridgehead atoms. The van der Waals surface area contributed by atoms with Crippen molar-refractivity contribution in [3.05, 3.63) is 30.3 Å². The molecular weight excluding hydrogens is 208 g/mol. The van der Waals surface area contributed by atoms with Crippen LogP contribution < -0.4 is 10.2 Å². The number of anilines is 1. The van der Waals surface area contributed by atoms with Gasteiger partial charge in [0.15, 0.2) is 0 Å². The molecule has 0 aliphatic heterocycles. The third-order valence-corrected chi connectivity index (χ3v) is 3.37. The van der Waals surface area contributed by atoms with Gasteiger partial charge >= 0.3 is 0 Å². The van der Waals surface area contributed by atoms with Gasteiger partial charge in [-0.2, -0.15) is 0 Å². The van der Waals surface area contributed by atoms with Crippen LogP contribution in [0.25, 0.3) is 0 Å². The van der Waals surface area contributed by atoms with Crippen LogP contribution in [0.1, 0.15) is 26.7 Å². The van der Waals surface area contributed by atoms with Crippen LogP contribution >= 0.6 is 0 Å². The Morgan fingerprint density at radius 2 is 2.00 bits per heavy atom. The molecule has 0 amide bonds. The van der Waals surface area contributed by atoms with E-state index in [1.165, 1.54) is 18.5 Å². The zero-order valence-corrected chi connectivity index (χ0v) is 11.0. The molecule has 1 atom stereocenters. The number of hydrogen-bond acceptors (Lipinski definition) is 2. The predicted molar refractivity (Wildman–Crippen MR) is 74.5 cm³/mol. The van der Waals surface area contributed by atoms with Crippen molar-refractivity contribution in [2.45, 2.75) is 32.7 Å². The first kappa shape index (κ1) is 12.4. The molecule has 1 unspecified atom stereocenters. The maximum absolute atomic E-state index is 3.61. The number of benzene rings is 1. The van der Waals surface area contributed by atoms with Gasteiger partial charge in [0, 0.05) is 24.8 Å². The van der Waals surface area contributed by atoms with Crippen LogP contribution in [-0.4, -0.2) is 25.7 Å². The number of nitrogens with zero attached hydrogens (tertiary/aromatic N) is 1. The standard InChI is InChI=1S/C15H24N2/c1-3-17(15-7-5-4-6-8-15)12-13(2)11-16-14-9-10-14/h4-8,13-14,16H,3,9-12H2,1-2H3. The second-order valence-corrected chi connectivity index (χ2v) is 5.16. The van der Waals surface area contributed by atoms with E-state index in [1.807, 2.05) is 0 Å². The van der Waals surface area contributed by atoms with Crippen LogP contribution in [0.3, 0.4) is 0 Å². The molecule has 1 aliphatic rings. The van der Waals surface area contributed by atoms with E-state index < -0.39 is 0 Å². The first-order chi connectivity index (χ1) is 8.29. The Hall–Kier alpha value is -1.02. The molecule has 17 heavy (non-hydrogen) atoms. The Bertz CT molecular complexity index is 319. The lowest BCUT2D eigenvalue weighted by Crippen LogP contribution is -2.34. The molecular formula is C15H24N2. The van der Waals surface area contributed by atoms with E-state index in [0.29, 0.717) is 5.92 Å². The van der Waals surface area contributed by atoms with E-state index in [1.54, 1.807) is 0 Å². The normalized spacial score (nSPS) is 16.8. The highest BCUT2D eigenvalue weighted by atomic mass is 15.1. The smallest absolute Gasteiger partial charge is 0.0366 e. The predicted octanol–water partition coefficient (Wildman–Crippen LogP) is 2.90. The zero-order valence-electron chi connectivity index (χ0n) is 11.0. The van der Waals surface area contributed by atoms with Gasteiger partial charge in [-0.15, -0.1) is 0 Å². The summed E-state index contributed by atoms with van der Waals surface area (Å²) in [5.74, 6) is 0.704.